The zero-order chi connectivity index (χ0) is 15.6. The highest BCUT2D eigenvalue weighted by atomic mass is 32.2. The van der Waals surface area contributed by atoms with Crippen molar-refractivity contribution in [3.05, 3.63) is 29.9 Å². The van der Waals surface area contributed by atoms with E-state index < -0.39 is 0 Å². The smallest absolute Gasteiger partial charge is 0.237 e. The van der Waals surface area contributed by atoms with E-state index in [0.29, 0.717) is 28.4 Å². The van der Waals surface area contributed by atoms with E-state index in [1.165, 1.54) is 11.8 Å². The van der Waals surface area contributed by atoms with E-state index in [4.69, 9.17) is 14.0 Å². The highest BCUT2D eigenvalue weighted by Gasteiger charge is 2.16. The summed E-state index contributed by atoms with van der Waals surface area (Å²) in [5.41, 5.74) is 0.820. The monoisotopic (exact) mass is 331 g/mol. The van der Waals surface area contributed by atoms with Gasteiger partial charge in [-0.1, -0.05) is 23.8 Å². The summed E-state index contributed by atoms with van der Waals surface area (Å²) in [6, 6.07) is 5.55. The fourth-order valence-electron chi connectivity index (χ4n) is 2.09. The second kappa shape index (κ2) is 5.92. The Morgan fingerprint density at radius 1 is 1.22 bits per heavy atom. The van der Waals surface area contributed by atoms with Crippen LogP contribution in [0.1, 0.15) is 18.6 Å². The molecule has 9 heteroatoms. The van der Waals surface area contributed by atoms with Crippen LogP contribution in [0.25, 0.3) is 11.4 Å². The van der Waals surface area contributed by atoms with Crippen LogP contribution in [-0.4, -0.2) is 32.1 Å². The summed E-state index contributed by atoms with van der Waals surface area (Å²) in [5.74, 6) is 3.83. The Hall–Kier alpha value is -2.55. The van der Waals surface area contributed by atoms with Crippen molar-refractivity contribution < 1.29 is 14.0 Å². The number of rotatable bonds is 5. The van der Waals surface area contributed by atoms with Crippen LogP contribution in [0.3, 0.4) is 0 Å². The standard InChI is InChI=1S/C14H13N5O3S/c1-2-11-15-14(18-17-11)23-6-12-16-13(19-22-12)8-3-4-9-10(5-8)21-7-20-9/h3-5H,2,6-7H2,1H3,(H,15,17,18). The lowest BCUT2D eigenvalue weighted by Crippen LogP contribution is -1.92. The third-order valence-electron chi connectivity index (χ3n) is 3.27. The maximum atomic E-state index is 5.35. The molecule has 0 saturated carbocycles. The maximum absolute atomic E-state index is 5.35. The Kier molecular flexibility index (Phi) is 3.62. The van der Waals surface area contributed by atoms with Crippen molar-refractivity contribution in [1.29, 1.82) is 0 Å². The number of aryl methyl sites for hydroxylation is 1. The first-order chi connectivity index (χ1) is 11.3. The number of aromatic nitrogens is 5. The molecule has 8 nitrogen and oxygen atoms in total. The number of aromatic amines is 1. The van der Waals surface area contributed by atoms with Crippen molar-refractivity contribution in [3.63, 3.8) is 0 Å². The zero-order valence-corrected chi connectivity index (χ0v) is 13.1. The highest BCUT2D eigenvalue weighted by molar-refractivity contribution is 7.98. The molecule has 0 unspecified atom stereocenters. The normalized spacial score (nSPS) is 12.7. The molecule has 0 amide bonds. The van der Waals surface area contributed by atoms with Crippen LogP contribution in [-0.2, 0) is 12.2 Å². The van der Waals surface area contributed by atoms with Gasteiger partial charge in [0.05, 0.1) is 5.75 Å². The van der Waals surface area contributed by atoms with Crippen LogP contribution < -0.4 is 9.47 Å². The summed E-state index contributed by atoms with van der Waals surface area (Å²) in [4.78, 5) is 8.71. The van der Waals surface area contributed by atoms with E-state index in [1.807, 2.05) is 25.1 Å². The zero-order valence-electron chi connectivity index (χ0n) is 12.3. The third kappa shape index (κ3) is 2.87. The van der Waals surface area contributed by atoms with E-state index >= 15 is 0 Å². The minimum Gasteiger partial charge on any atom is -0.454 e. The van der Waals surface area contributed by atoms with Crippen LogP contribution in [0, 0.1) is 0 Å². The van der Waals surface area contributed by atoms with Gasteiger partial charge in [0.2, 0.25) is 23.7 Å². The summed E-state index contributed by atoms with van der Waals surface area (Å²) in [5, 5.41) is 11.7. The highest BCUT2D eigenvalue weighted by Crippen LogP contribution is 2.35. The van der Waals surface area contributed by atoms with Gasteiger partial charge in [0, 0.05) is 12.0 Å². The summed E-state index contributed by atoms with van der Waals surface area (Å²) < 4.78 is 15.9. The van der Waals surface area contributed by atoms with Gasteiger partial charge in [-0.2, -0.15) is 4.98 Å². The van der Waals surface area contributed by atoms with Crippen molar-refractivity contribution in [3.8, 4) is 22.9 Å². The van der Waals surface area contributed by atoms with Crippen LogP contribution >= 0.6 is 11.8 Å². The first-order valence-electron chi connectivity index (χ1n) is 7.08. The van der Waals surface area contributed by atoms with Crippen molar-refractivity contribution in [1.82, 2.24) is 25.3 Å². The quantitative estimate of drug-likeness (QED) is 0.712. The number of fused-ring (bicyclic) bond motifs is 1. The van der Waals surface area contributed by atoms with Gasteiger partial charge in [-0.05, 0) is 18.2 Å². The summed E-state index contributed by atoms with van der Waals surface area (Å²) >= 11 is 1.44. The molecule has 1 aliphatic heterocycles. The van der Waals surface area contributed by atoms with Crippen LogP contribution in [0.15, 0.2) is 27.9 Å². The molecule has 0 saturated heterocycles. The van der Waals surface area contributed by atoms with Crippen molar-refractivity contribution >= 4 is 11.8 Å². The molecule has 0 fully saturated rings. The number of benzene rings is 1. The molecule has 3 heterocycles. The molecule has 4 rings (SSSR count). The fraction of sp³-hybridized carbons (Fsp3) is 0.286. The molecule has 0 bridgehead atoms. The molecular formula is C14H13N5O3S. The van der Waals surface area contributed by atoms with Gasteiger partial charge >= 0.3 is 0 Å². The van der Waals surface area contributed by atoms with Crippen LogP contribution in [0.2, 0.25) is 0 Å². The Bertz CT molecular complexity index is 831. The van der Waals surface area contributed by atoms with Gasteiger partial charge in [0.25, 0.3) is 0 Å². The summed E-state index contributed by atoms with van der Waals surface area (Å²) in [7, 11) is 0. The molecular weight excluding hydrogens is 318 g/mol. The first kappa shape index (κ1) is 14.1. The molecule has 23 heavy (non-hydrogen) atoms. The Labute approximate surface area is 135 Å². The molecule has 0 spiro atoms. The predicted molar refractivity (Wildman–Crippen MR) is 81.2 cm³/mol. The molecule has 1 N–H and O–H groups in total. The van der Waals surface area contributed by atoms with Crippen LogP contribution in [0.4, 0.5) is 0 Å². The molecule has 0 atom stereocenters. The largest absolute Gasteiger partial charge is 0.454 e. The molecule has 1 aliphatic rings. The van der Waals surface area contributed by atoms with Crippen molar-refractivity contribution in [2.45, 2.75) is 24.3 Å². The number of hydrogen-bond donors (Lipinski definition) is 1. The van der Waals surface area contributed by atoms with E-state index in [1.54, 1.807) is 0 Å². The SMILES string of the molecule is CCc1nc(SCc2nc(-c3ccc4c(c3)OCO4)no2)n[nH]1. The van der Waals surface area contributed by atoms with Crippen LogP contribution in [0.5, 0.6) is 11.5 Å². The second-order valence-corrected chi connectivity index (χ2v) is 5.73. The number of nitrogens with zero attached hydrogens (tertiary/aromatic N) is 4. The van der Waals surface area contributed by atoms with Gasteiger partial charge in [-0.15, -0.1) is 5.10 Å². The van der Waals surface area contributed by atoms with Crippen molar-refractivity contribution in [2.75, 3.05) is 6.79 Å². The molecule has 0 aliphatic carbocycles. The summed E-state index contributed by atoms with van der Waals surface area (Å²) in [6.45, 7) is 2.26. The van der Waals surface area contributed by atoms with Gasteiger partial charge < -0.3 is 14.0 Å². The Morgan fingerprint density at radius 2 is 2.13 bits per heavy atom. The number of ether oxygens (including phenoxy) is 2. The Morgan fingerprint density at radius 3 is 3.00 bits per heavy atom. The first-order valence-corrected chi connectivity index (χ1v) is 8.07. The van der Waals surface area contributed by atoms with Gasteiger partial charge in [0.15, 0.2) is 11.5 Å². The van der Waals surface area contributed by atoms with Crippen molar-refractivity contribution in [2.24, 2.45) is 0 Å². The molecule has 0 radical (unpaired) electrons. The Balaban J connectivity index is 1.46. The molecule has 2 aromatic heterocycles. The van der Waals surface area contributed by atoms with Gasteiger partial charge in [-0.3, -0.25) is 5.10 Å². The lowest BCUT2D eigenvalue weighted by Gasteiger charge is -1.97. The maximum Gasteiger partial charge on any atom is 0.237 e. The van der Waals surface area contributed by atoms with Gasteiger partial charge in [0.1, 0.15) is 5.82 Å². The number of thioether (sulfide) groups is 1. The van der Waals surface area contributed by atoms with E-state index in [-0.39, 0.29) is 6.79 Å². The lowest BCUT2D eigenvalue weighted by molar-refractivity contribution is 0.174. The minimum absolute atomic E-state index is 0.239. The lowest BCUT2D eigenvalue weighted by atomic mass is 10.2. The van der Waals surface area contributed by atoms with E-state index in [2.05, 4.69) is 25.3 Å². The molecule has 3 aromatic rings. The molecule has 118 valence electrons. The topological polar surface area (TPSA) is 99.0 Å². The predicted octanol–water partition coefficient (Wildman–Crippen LogP) is 2.44. The number of H-pyrrole nitrogens is 1. The van der Waals surface area contributed by atoms with E-state index in [9.17, 15) is 0 Å². The summed E-state index contributed by atoms with van der Waals surface area (Å²) in [6.07, 6.45) is 0.822. The average molecular weight is 331 g/mol. The second-order valence-electron chi connectivity index (χ2n) is 4.79. The number of nitrogens with one attached hydrogen (secondary N) is 1. The number of hydrogen-bond acceptors (Lipinski definition) is 8. The minimum atomic E-state index is 0.239. The van der Waals surface area contributed by atoms with E-state index in [0.717, 1.165) is 23.6 Å². The molecule has 1 aromatic carbocycles. The average Bonchev–Trinajstić information content (AvgIpc) is 3.31. The van der Waals surface area contributed by atoms with Gasteiger partial charge in [-0.25, -0.2) is 4.98 Å². The fourth-order valence-corrected chi connectivity index (χ4v) is 2.75. The third-order valence-corrected chi connectivity index (χ3v) is 4.10.